The molecule has 0 atom stereocenters. The minimum Gasteiger partial charge on any atom is -0.0843 e. The molecule has 0 unspecified atom stereocenters. The number of hydrogen-bond donors (Lipinski definition) is 0. The molecule has 0 aliphatic heterocycles. The summed E-state index contributed by atoms with van der Waals surface area (Å²) in [4.78, 5) is 0. The first-order chi connectivity index (χ1) is 37.4. The topological polar surface area (TPSA) is 0 Å². The van der Waals surface area contributed by atoms with E-state index in [1.807, 2.05) is 0 Å². The van der Waals surface area contributed by atoms with Crippen molar-refractivity contribution in [2.24, 2.45) is 0 Å². The lowest BCUT2D eigenvalue weighted by molar-refractivity contribution is 0.586. The summed E-state index contributed by atoms with van der Waals surface area (Å²) < 4.78 is 0. The maximum absolute atomic E-state index is 3.40. The van der Waals surface area contributed by atoms with Gasteiger partial charge < -0.3 is 0 Å². The van der Waals surface area contributed by atoms with Gasteiger partial charge in [0.15, 0.2) is 0 Å². The highest BCUT2D eigenvalue weighted by Crippen LogP contribution is 2.49. The lowest BCUT2D eigenvalue weighted by Gasteiger charge is -2.38. The molecule has 8 rings (SSSR count). The smallest absolute Gasteiger partial charge is 0.0701 e. The first-order valence-corrected chi connectivity index (χ1v) is 29.2. The van der Waals surface area contributed by atoms with Gasteiger partial charge in [0.25, 0.3) is 0 Å². The minimum atomic E-state index is -0.564. The Hall–Kier alpha value is -7.12. The van der Waals surface area contributed by atoms with Gasteiger partial charge in [-0.15, -0.1) is 0 Å². The number of hydrogen-bond acceptors (Lipinski definition) is 0. The van der Waals surface area contributed by atoms with Crippen LogP contribution < -0.4 is 0 Å². The maximum Gasteiger partial charge on any atom is 0.0701 e. The fourth-order valence-corrected chi connectivity index (χ4v) is 11.4. The molecule has 0 fully saturated rings. The first-order valence-electron chi connectivity index (χ1n) is 29.2. The largest absolute Gasteiger partial charge is 0.0843 e. The van der Waals surface area contributed by atoms with E-state index in [9.17, 15) is 0 Å². The van der Waals surface area contributed by atoms with E-state index in [0.717, 1.165) is 0 Å². The van der Waals surface area contributed by atoms with Gasteiger partial charge in [0.2, 0.25) is 0 Å². The molecule has 0 bridgehead atoms. The summed E-state index contributed by atoms with van der Waals surface area (Å²) in [5.74, 6) is 13.2. The van der Waals surface area contributed by atoms with Gasteiger partial charge in [-0.3, -0.25) is 0 Å². The van der Waals surface area contributed by atoms with E-state index >= 15 is 0 Å². The highest BCUT2D eigenvalue weighted by atomic mass is 14.4. The Morgan fingerprint density at radius 1 is 0.188 bits per heavy atom. The summed E-state index contributed by atoms with van der Waals surface area (Å²) in [6.07, 6.45) is 1.23. The fourth-order valence-electron chi connectivity index (χ4n) is 11.4. The molecule has 0 heterocycles. The molecule has 0 aromatic heterocycles. The van der Waals surface area contributed by atoms with Crippen molar-refractivity contribution in [1.82, 2.24) is 0 Å². The zero-order valence-corrected chi connectivity index (χ0v) is 51.9. The lowest BCUT2D eigenvalue weighted by Crippen LogP contribution is -2.31. The van der Waals surface area contributed by atoms with E-state index in [-0.39, 0.29) is 32.5 Å². The molecule has 410 valence electrons. The number of rotatable bonds is 10. The van der Waals surface area contributed by atoms with Crippen LogP contribution in [0.25, 0.3) is 0 Å². The second-order valence-electron chi connectivity index (χ2n) is 28.8. The molecule has 0 nitrogen and oxygen atoms in total. The quantitative estimate of drug-likeness (QED) is 0.0946. The van der Waals surface area contributed by atoms with Crippen molar-refractivity contribution < 1.29 is 0 Å². The van der Waals surface area contributed by atoms with Crippen molar-refractivity contribution in [3.63, 3.8) is 0 Å². The average Bonchev–Trinajstić information content (AvgIpc) is 3.50. The highest BCUT2D eigenvalue weighted by molar-refractivity contribution is 5.63. The van der Waals surface area contributed by atoms with Crippen molar-refractivity contribution >= 4 is 0 Å². The van der Waals surface area contributed by atoms with Crippen molar-refractivity contribution in [2.45, 2.75) is 181 Å². The van der Waals surface area contributed by atoms with Crippen LogP contribution in [0, 0.1) is 23.7 Å². The van der Waals surface area contributed by atoms with Gasteiger partial charge in [-0.2, -0.15) is 0 Å². The van der Waals surface area contributed by atoms with Crippen molar-refractivity contribution in [1.29, 1.82) is 0 Å². The third-order valence-corrected chi connectivity index (χ3v) is 16.7. The van der Waals surface area contributed by atoms with Crippen LogP contribution in [-0.4, -0.2) is 0 Å². The Morgan fingerprint density at radius 2 is 0.312 bits per heavy atom. The van der Waals surface area contributed by atoms with Crippen molar-refractivity contribution in [3.8, 4) is 23.7 Å². The van der Waals surface area contributed by atoms with Crippen LogP contribution in [0.2, 0.25) is 0 Å². The Kier molecular flexibility index (Phi) is 16.5. The summed E-state index contributed by atoms with van der Waals surface area (Å²) >= 11 is 0. The van der Waals surface area contributed by atoms with Crippen LogP contribution in [0.15, 0.2) is 194 Å². The second kappa shape index (κ2) is 22.4. The van der Waals surface area contributed by atoms with Crippen LogP contribution in [0.1, 0.15) is 214 Å². The Balaban J connectivity index is 1.11. The monoisotopic (exact) mass is 1050 g/mol. The fraction of sp³-hybridized carbons (Fsp3) is 0.350. The van der Waals surface area contributed by atoms with Gasteiger partial charge in [0, 0.05) is 12.8 Å². The predicted octanol–water partition coefficient (Wildman–Crippen LogP) is 20.0. The van der Waals surface area contributed by atoms with Gasteiger partial charge in [-0.05, 0) is 133 Å². The zero-order valence-electron chi connectivity index (χ0n) is 51.9. The van der Waals surface area contributed by atoms with Crippen molar-refractivity contribution in [3.05, 3.63) is 283 Å². The molecule has 0 saturated carbocycles. The maximum atomic E-state index is 3.40. The van der Waals surface area contributed by atoms with Gasteiger partial charge >= 0.3 is 0 Å². The second-order valence-corrected chi connectivity index (χ2v) is 28.8. The SMILES string of the molecule is CC(C)(C)c1ccc(C(c2ccc(CC#CC#CCc3ccc(C(c4ccc(C(C)(C)C)cc4)(c4ccc(C(C)(C)C)cc4)c4ccc(C(C)(C)C)cc4)cc3)cc2)(c2ccc(C(C)(C)C)cc2)c2ccc(C(C)(C)C)cc2)cc1. The summed E-state index contributed by atoms with van der Waals surface area (Å²) in [7, 11) is 0. The molecule has 0 saturated heterocycles. The molecule has 8 aromatic rings. The summed E-state index contributed by atoms with van der Waals surface area (Å²) in [5, 5.41) is 0. The molecule has 0 amide bonds. The lowest BCUT2D eigenvalue weighted by atomic mass is 9.64. The molecule has 0 N–H and O–H groups in total. The summed E-state index contributed by atoms with van der Waals surface area (Å²) in [5.41, 5.74) is 19.3. The van der Waals surface area contributed by atoms with E-state index < -0.39 is 10.8 Å². The van der Waals surface area contributed by atoms with E-state index in [4.69, 9.17) is 0 Å². The summed E-state index contributed by atoms with van der Waals surface area (Å²) in [6.45, 7) is 41.2. The van der Waals surface area contributed by atoms with E-state index in [0.29, 0.717) is 12.8 Å². The molecule has 0 aliphatic carbocycles. The Labute approximate surface area is 485 Å². The molecule has 0 radical (unpaired) electrons. The normalized spacial score (nSPS) is 12.8. The first kappa shape index (κ1) is 59.0. The minimum absolute atomic E-state index is 0.0386. The third kappa shape index (κ3) is 12.6. The van der Waals surface area contributed by atoms with E-state index in [1.54, 1.807) is 0 Å². The molecule has 0 aliphatic rings. The van der Waals surface area contributed by atoms with Crippen molar-refractivity contribution in [2.75, 3.05) is 0 Å². The molecule has 80 heavy (non-hydrogen) atoms. The summed E-state index contributed by atoms with van der Waals surface area (Å²) in [6, 6.07) is 74.7. The Morgan fingerprint density at radius 3 is 0.450 bits per heavy atom. The predicted molar refractivity (Wildman–Crippen MR) is 345 cm³/mol. The molecule has 0 heteroatoms. The van der Waals surface area contributed by atoms with Crippen LogP contribution in [-0.2, 0) is 56.2 Å². The Bertz CT molecular complexity index is 2960. The van der Waals surface area contributed by atoms with Crippen LogP contribution >= 0.6 is 0 Å². The zero-order chi connectivity index (χ0) is 58.1. The average molecular weight is 1050 g/mol. The standard InChI is InChI=1S/C80H90/c1-73(2,3)59-33-45-67(46-34-59)79(68-47-35-60(36-48-68)74(4,5)6,69-49-37-61(38-50-69)75(7,8)9)65-29-25-57(26-30-65)23-21-19-20-22-24-58-27-31-66(32-28-58)80(70-51-39-62(40-52-70)76(10,11)12,71-53-41-63(42-54-71)77(13,14)15)72-55-43-64(44-56-72)78(16,17)18/h25-56H,23-24H2,1-18H3. The van der Waals surface area contributed by atoms with Gasteiger partial charge in [-0.1, -0.05) is 331 Å². The molecule has 0 spiro atoms. The van der Waals surface area contributed by atoms with Gasteiger partial charge in [0.1, 0.15) is 0 Å². The molecular formula is C80H90. The highest BCUT2D eigenvalue weighted by Gasteiger charge is 2.41. The van der Waals surface area contributed by atoms with Crippen LogP contribution in [0.3, 0.4) is 0 Å². The van der Waals surface area contributed by atoms with Gasteiger partial charge in [-0.25, -0.2) is 0 Å². The molecular weight excluding hydrogens is 961 g/mol. The molecule has 8 aromatic carbocycles. The van der Waals surface area contributed by atoms with Gasteiger partial charge in [0.05, 0.1) is 10.8 Å². The van der Waals surface area contributed by atoms with Crippen LogP contribution in [0.5, 0.6) is 0 Å². The third-order valence-electron chi connectivity index (χ3n) is 16.7. The van der Waals surface area contributed by atoms with E-state index in [2.05, 4.69) is 342 Å². The van der Waals surface area contributed by atoms with E-state index in [1.165, 1.54) is 89.0 Å². The van der Waals surface area contributed by atoms with Crippen LogP contribution in [0.4, 0.5) is 0 Å². The number of benzene rings is 8.